The number of terminal acetylenes is 1. The van der Waals surface area contributed by atoms with E-state index in [1.807, 2.05) is 12.1 Å². The van der Waals surface area contributed by atoms with E-state index in [9.17, 15) is 0 Å². The van der Waals surface area contributed by atoms with Crippen LogP contribution in [0.15, 0.2) is 203 Å². The van der Waals surface area contributed by atoms with Crippen molar-refractivity contribution in [3.05, 3.63) is 248 Å². The predicted octanol–water partition coefficient (Wildman–Crippen LogP) is 22.8. The molecule has 0 radical (unpaired) electrons. The third kappa shape index (κ3) is 16.4. The summed E-state index contributed by atoms with van der Waals surface area (Å²) in [6, 6.07) is 68.4. The van der Waals surface area contributed by atoms with Gasteiger partial charge in [0.25, 0.3) is 0 Å². The summed E-state index contributed by atoms with van der Waals surface area (Å²) in [4.78, 5) is 0. The van der Waals surface area contributed by atoms with Gasteiger partial charge in [-0.05, 0) is 207 Å². The van der Waals surface area contributed by atoms with Crippen LogP contribution in [0.25, 0.3) is 65.3 Å². The molecular formula is C85H78Br2O4. The number of rotatable bonds is 12. The van der Waals surface area contributed by atoms with Crippen molar-refractivity contribution in [3.63, 3.8) is 0 Å². The smallest absolute Gasteiger partial charge is 0.127 e. The Labute approximate surface area is 556 Å². The molecule has 0 amide bonds. The lowest BCUT2D eigenvalue weighted by atomic mass is 9.91. The highest BCUT2D eigenvalue weighted by Crippen LogP contribution is 2.48. The summed E-state index contributed by atoms with van der Waals surface area (Å²) < 4.78 is 27.3. The molecule has 0 fully saturated rings. The van der Waals surface area contributed by atoms with E-state index in [0.29, 0.717) is 26.4 Å². The summed E-state index contributed by atoms with van der Waals surface area (Å²) in [5.41, 5.74) is 13.5. The van der Waals surface area contributed by atoms with Crippen LogP contribution in [-0.4, -0.2) is 26.4 Å². The zero-order chi connectivity index (χ0) is 62.7. The largest absolute Gasteiger partial charge is 0.493 e. The number of hydrogen-bond donors (Lipinski definition) is 0. The summed E-state index contributed by atoms with van der Waals surface area (Å²) in [7, 11) is 0. The molecule has 6 heteroatoms. The fraction of sp³-hybridized carbons (Fsp3) is 0.247. The molecule has 91 heavy (non-hydrogen) atoms. The van der Waals surface area contributed by atoms with Gasteiger partial charge < -0.3 is 18.9 Å². The molecule has 0 aromatic heterocycles. The van der Waals surface area contributed by atoms with Crippen molar-refractivity contribution in [1.82, 2.24) is 0 Å². The molecule has 0 saturated heterocycles. The first-order valence-corrected chi connectivity index (χ1v) is 34.2. The van der Waals surface area contributed by atoms with Crippen LogP contribution in [0.2, 0.25) is 0 Å². The van der Waals surface area contributed by atoms with E-state index >= 15 is 0 Å². The molecule has 0 atom stereocenters. The fourth-order valence-corrected chi connectivity index (χ4v) is 12.8. The summed E-state index contributed by atoms with van der Waals surface area (Å²) in [5.74, 6) is 19.8. The van der Waals surface area contributed by atoms with Gasteiger partial charge in [-0.1, -0.05) is 206 Å². The molecule has 4 nitrogen and oxygen atoms in total. The third-order valence-electron chi connectivity index (χ3n) is 16.9. The maximum atomic E-state index is 6.41. The maximum Gasteiger partial charge on any atom is 0.127 e. The number of benzene rings is 11. The average molecular weight is 1320 g/mol. The monoisotopic (exact) mass is 1320 g/mol. The van der Waals surface area contributed by atoms with E-state index in [0.717, 1.165) is 140 Å². The second-order valence-corrected chi connectivity index (χ2v) is 25.4. The lowest BCUT2D eigenvalue weighted by Gasteiger charge is -2.18. The van der Waals surface area contributed by atoms with Crippen molar-refractivity contribution in [2.24, 2.45) is 0 Å². The van der Waals surface area contributed by atoms with Gasteiger partial charge in [-0.3, -0.25) is 0 Å². The zero-order valence-electron chi connectivity index (χ0n) is 52.7. The Morgan fingerprint density at radius 1 is 0.319 bits per heavy atom. The highest BCUT2D eigenvalue weighted by molar-refractivity contribution is 9.10. The summed E-state index contributed by atoms with van der Waals surface area (Å²) >= 11 is 7.17. The zero-order valence-corrected chi connectivity index (χ0v) is 55.8. The molecule has 0 saturated carbocycles. The molecule has 2 aliphatic heterocycles. The van der Waals surface area contributed by atoms with Gasteiger partial charge in [-0.2, -0.15) is 0 Å². The SMILES string of the molecule is Brc1ccc2c3c(ccc2c1)OCCCOc1ccc2cc(Br)ccc2c1-3.C#Cc1ccc(CCCCC)cc1.CCCCCc1ccc(C#Cc2ccc3c4c(ccc3c2)OCCCOc2ccc3cc(C#Cc5ccc(CCCCC)cc5)ccc3c2-4)cc1. The van der Waals surface area contributed by atoms with Crippen LogP contribution in [0.3, 0.4) is 0 Å². The van der Waals surface area contributed by atoms with Crippen molar-refractivity contribution >= 4 is 74.9 Å². The van der Waals surface area contributed by atoms with Gasteiger partial charge in [-0.15, -0.1) is 6.42 Å². The second kappa shape index (κ2) is 31.8. The first kappa shape index (κ1) is 63.9. The van der Waals surface area contributed by atoms with E-state index in [1.54, 1.807) is 0 Å². The van der Waals surface area contributed by atoms with E-state index in [2.05, 4.69) is 264 Å². The van der Waals surface area contributed by atoms with Crippen LogP contribution in [0.4, 0.5) is 0 Å². The van der Waals surface area contributed by atoms with Gasteiger partial charge in [-0.25, -0.2) is 0 Å². The summed E-state index contributed by atoms with van der Waals surface area (Å²) in [5, 5.41) is 9.16. The van der Waals surface area contributed by atoms with Gasteiger partial charge in [0.05, 0.1) is 26.4 Å². The van der Waals surface area contributed by atoms with Crippen molar-refractivity contribution in [1.29, 1.82) is 0 Å². The molecule has 2 heterocycles. The Morgan fingerprint density at radius 2 is 0.604 bits per heavy atom. The molecular weight excluding hydrogens is 1240 g/mol. The van der Waals surface area contributed by atoms with Crippen molar-refractivity contribution < 1.29 is 18.9 Å². The predicted molar refractivity (Wildman–Crippen MR) is 389 cm³/mol. The minimum absolute atomic E-state index is 0.602. The van der Waals surface area contributed by atoms with Crippen LogP contribution in [0, 0.1) is 36.0 Å². The third-order valence-corrected chi connectivity index (χ3v) is 17.9. The molecule has 0 aliphatic carbocycles. The van der Waals surface area contributed by atoms with Gasteiger partial charge in [0.1, 0.15) is 23.0 Å². The van der Waals surface area contributed by atoms with Gasteiger partial charge in [0, 0.05) is 71.9 Å². The Kier molecular flexibility index (Phi) is 22.3. The number of hydrogen-bond acceptors (Lipinski definition) is 4. The Balaban J connectivity index is 0.000000175. The van der Waals surface area contributed by atoms with Crippen LogP contribution in [0.5, 0.6) is 23.0 Å². The molecule has 2 aliphatic rings. The second-order valence-electron chi connectivity index (χ2n) is 23.6. The van der Waals surface area contributed by atoms with Crippen LogP contribution in [-0.2, 0) is 19.3 Å². The van der Waals surface area contributed by atoms with E-state index in [-0.39, 0.29) is 0 Å². The number of aryl methyl sites for hydroxylation is 3. The molecule has 0 unspecified atom stereocenters. The average Bonchev–Trinajstić information content (AvgIpc) is 1.46. The maximum absolute atomic E-state index is 6.41. The molecule has 456 valence electrons. The number of unbranched alkanes of at least 4 members (excludes halogenated alkanes) is 6. The molecule has 0 bridgehead atoms. The molecule has 13 rings (SSSR count). The van der Waals surface area contributed by atoms with Gasteiger partial charge in [0.15, 0.2) is 0 Å². The normalized spacial score (nSPS) is 12.2. The van der Waals surface area contributed by atoms with E-state index in [1.165, 1.54) is 91.7 Å². The fourth-order valence-electron chi connectivity index (χ4n) is 12.0. The Hall–Kier alpha value is -8.70. The number of ether oxygens (including phenoxy) is 4. The van der Waals surface area contributed by atoms with Gasteiger partial charge in [0.2, 0.25) is 0 Å². The van der Waals surface area contributed by atoms with Crippen LogP contribution < -0.4 is 18.9 Å². The molecule has 0 N–H and O–H groups in total. The summed E-state index contributed by atoms with van der Waals surface area (Å²) in [6.07, 6.45) is 21.8. The Morgan fingerprint density at radius 3 is 0.923 bits per heavy atom. The molecule has 11 aromatic carbocycles. The first-order chi connectivity index (χ1) is 44.7. The highest BCUT2D eigenvalue weighted by Gasteiger charge is 2.23. The summed E-state index contributed by atoms with van der Waals surface area (Å²) in [6.45, 7) is 9.21. The first-order valence-electron chi connectivity index (χ1n) is 32.6. The van der Waals surface area contributed by atoms with E-state index < -0.39 is 0 Å². The minimum Gasteiger partial charge on any atom is -0.493 e. The van der Waals surface area contributed by atoms with Crippen molar-refractivity contribution in [3.8, 4) is 81.3 Å². The van der Waals surface area contributed by atoms with Crippen molar-refractivity contribution in [2.75, 3.05) is 26.4 Å². The quantitative estimate of drug-likeness (QED) is 0.0902. The topological polar surface area (TPSA) is 36.9 Å². The van der Waals surface area contributed by atoms with Crippen molar-refractivity contribution in [2.45, 2.75) is 111 Å². The number of fused-ring (bicyclic) bond motifs is 14. The standard InChI is InChI=1S/C49H46O2.C23H16Br2O2.C13H16/c1-3-5-7-10-36-12-16-38(17-13-36)20-22-40-24-28-44-42(34-40)26-30-46-48(44)49-45-29-25-41(35-43(45)27-31-47(49)51-33-9-32-50-46)23-21-39-18-14-37(15-19-39)11-8-6-4-2;24-16-4-6-18-14(12-16)2-8-20-22(18)23-19-7-5-17(25)13-15(19)3-9-21(23)27-11-1-10-26-20;1-3-5-6-7-13-10-8-12(4-2)9-11-13/h12-19,24-31,34-35H,3-11,32-33H2,1-2H3;2-9,12-13H,1,10-11H2;2,8-11H,3,5-7H2,1H3. The molecule has 0 spiro atoms. The lowest BCUT2D eigenvalue weighted by Crippen LogP contribution is -2.03. The minimum atomic E-state index is 0.602. The van der Waals surface area contributed by atoms with Gasteiger partial charge >= 0.3 is 0 Å². The number of halogens is 2. The lowest BCUT2D eigenvalue weighted by molar-refractivity contribution is 0.252. The van der Waals surface area contributed by atoms with E-state index in [4.69, 9.17) is 25.4 Å². The highest BCUT2D eigenvalue weighted by atomic mass is 79.9. The van der Waals surface area contributed by atoms with Crippen LogP contribution in [0.1, 0.15) is 136 Å². The van der Waals surface area contributed by atoms with Crippen LogP contribution >= 0.6 is 31.9 Å². The molecule has 11 aromatic rings. The Bertz CT molecular complexity index is 4240.